The van der Waals surface area contributed by atoms with E-state index in [9.17, 15) is 4.79 Å². The number of carbonyl (C=O) groups is 1. The van der Waals surface area contributed by atoms with E-state index in [1.807, 2.05) is 11.0 Å². The van der Waals surface area contributed by atoms with Crippen LogP contribution in [0.25, 0.3) is 0 Å². The summed E-state index contributed by atoms with van der Waals surface area (Å²) in [5.41, 5.74) is 4.15. The number of hydrogen-bond donors (Lipinski definition) is 1. The Labute approximate surface area is 158 Å². The minimum Gasteiger partial charge on any atom is -0.323 e. The van der Waals surface area contributed by atoms with Gasteiger partial charge in [-0.3, -0.25) is 0 Å². The van der Waals surface area contributed by atoms with Crippen molar-refractivity contribution in [2.75, 3.05) is 18.4 Å². The third-order valence-corrected chi connectivity index (χ3v) is 5.93. The summed E-state index contributed by atoms with van der Waals surface area (Å²) in [6, 6.07) is 16.0. The van der Waals surface area contributed by atoms with Gasteiger partial charge in [0.15, 0.2) is 0 Å². The number of carbonyl (C=O) groups excluding carboxylic acids is 1. The standard InChI is InChI=1S/C21H20ClN3O/c1-14-2-5-16(6-3-14)21-11-17(21)12-25(13-21)20(26)24-19-7-4-15(8-9-23)10-18(19)22/h2-7,10,17H,8,11-13H2,1H3,(H,24,26)/t17-,21+/m0/s1. The van der Waals surface area contributed by atoms with E-state index in [0.717, 1.165) is 25.1 Å². The maximum Gasteiger partial charge on any atom is 0.321 e. The van der Waals surface area contributed by atoms with Crippen LogP contribution in [0.5, 0.6) is 0 Å². The van der Waals surface area contributed by atoms with Crippen LogP contribution < -0.4 is 5.32 Å². The number of aryl methyl sites for hydroxylation is 1. The van der Waals surface area contributed by atoms with Gasteiger partial charge in [0.1, 0.15) is 0 Å². The molecule has 0 spiro atoms. The van der Waals surface area contributed by atoms with E-state index in [2.05, 4.69) is 42.6 Å². The van der Waals surface area contributed by atoms with Crippen molar-refractivity contribution in [3.63, 3.8) is 0 Å². The second kappa shape index (κ2) is 6.34. The number of nitrogens with one attached hydrogen (secondary N) is 1. The van der Waals surface area contributed by atoms with Gasteiger partial charge in [0.2, 0.25) is 0 Å². The second-order valence-corrected chi connectivity index (χ2v) is 7.79. The predicted molar refractivity (Wildman–Crippen MR) is 102 cm³/mol. The number of piperidine rings is 1. The molecular weight excluding hydrogens is 346 g/mol. The Balaban J connectivity index is 1.44. The normalized spacial score (nSPS) is 23.3. The molecule has 0 aromatic heterocycles. The van der Waals surface area contributed by atoms with Gasteiger partial charge in [-0.15, -0.1) is 0 Å². The van der Waals surface area contributed by atoms with E-state index in [0.29, 0.717) is 23.0 Å². The summed E-state index contributed by atoms with van der Waals surface area (Å²) >= 11 is 6.25. The molecule has 4 rings (SSSR count). The Bertz CT molecular complexity index is 902. The molecule has 1 N–H and O–H groups in total. The van der Waals surface area contributed by atoms with Crippen LogP contribution in [0, 0.1) is 24.2 Å². The number of likely N-dealkylation sites (tertiary alicyclic amines) is 1. The highest BCUT2D eigenvalue weighted by atomic mass is 35.5. The quantitative estimate of drug-likeness (QED) is 0.869. The van der Waals surface area contributed by atoms with Gasteiger partial charge in [-0.1, -0.05) is 47.5 Å². The minimum atomic E-state index is -0.112. The Morgan fingerprint density at radius 3 is 2.81 bits per heavy atom. The van der Waals surface area contributed by atoms with Crippen LogP contribution in [0.2, 0.25) is 5.02 Å². The summed E-state index contributed by atoms with van der Waals surface area (Å²) in [5, 5.41) is 12.1. The van der Waals surface area contributed by atoms with E-state index in [-0.39, 0.29) is 11.4 Å². The maximum absolute atomic E-state index is 12.7. The number of anilines is 1. The Hall–Kier alpha value is -2.51. The SMILES string of the molecule is Cc1ccc([C@]23C[C@H]2CN(C(=O)Nc2ccc(CC#N)cc2Cl)C3)cc1. The molecule has 132 valence electrons. The zero-order valence-corrected chi connectivity index (χ0v) is 15.4. The topological polar surface area (TPSA) is 56.1 Å². The Morgan fingerprint density at radius 2 is 2.12 bits per heavy atom. The van der Waals surface area contributed by atoms with Crippen LogP contribution in [-0.2, 0) is 11.8 Å². The van der Waals surface area contributed by atoms with Crippen LogP contribution in [0.4, 0.5) is 10.5 Å². The summed E-state index contributed by atoms with van der Waals surface area (Å²) < 4.78 is 0. The average Bonchev–Trinajstić information content (AvgIpc) is 3.19. The van der Waals surface area contributed by atoms with Crippen LogP contribution in [-0.4, -0.2) is 24.0 Å². The second-order valence-electron chi connectivity index (χ2n) is 7.38. The van der Waals surface area contributed by atoms with Gasteiger partial charge < -0.3 is 10.2 Å². The van der Waals surface area contributed by atoms with Crippen molar-refractivity contribution in [1.82, 2.24) is 4.90 Å². The van der Waals surface area contributed by atoms with Gasteiger partial charge in [-0.05, 0) is 42.5 Å². The lowest BCUT2D eigenvalue weighted by molar-refractivity contribution is 0.216. The highest BCUT2D eigenvalue weighted by molar-refractivity contribution is 6.33. The highest BCUT2D eigenvalue weighted by Crippen LogP contribution is 2.59. The zero-order valence-electron chi connectivity index (χ0n) is 14.6. The van der Waals surface area contributed by atoms with E-state index >= 15 is 0 Å². The summed E-state index contributed by atoms with van der Waals surface area (Å²) in [5.74, 6) is 0.546. The van der Waals surface area contributed by atoms with Gasteiger partial charge >= 0.3 is 6.03 Å². The fourth-order valence-electron chi connectivity index (χ4n) is 4.03. The van der Waals surface area contributed by atoms with Gasteiger partial charge in [-0.25, -0.2) is 4.79 Å². The summed E-state index contributed by atoms with van der Waals surface area (Å²) in [4.78, 5) is 14.6. The van der Waals surface area contributed by atoms with Crippen LogP contribution in [0.1, 0.15) is 23.1 Å². The molecule has 1 heterocycles. The molecule has 2 aromatic rings. The molecule has 4 nitrogen and oxygen atoms in total. The minimum absolute atomic E-state index is 0.112. The molecule has 2 aromatic carbocycles. The van der Waals surface area contributed by atoms with Crippen molar-refractivity contribution in [3.05, 3.63) is 64.2 Å². The first-order chi connectivity index (χ1) is 12.5. The van der Waals surface area contributed by atoms with Crippen LogP contribution >= 0.6 is 11.6 Å². The molecule has 0 bridgehead atoms. The van der Waals surface area contributed by atoms with Gasteiger partial charge in [-0.2, -0.15) is 5.26 Å². The average molecular weight is 366 g/mol. The summed E-state index contributed by atoms with van der Waals surface area (Å²) in [7, 11) is 0. The first-order valence-electron chi connectivity index (χ1n) is 8.80. The number of rotatable bonds is 3. The molecule has 1 saturated carbocycles. The molecule has 2 aliphatic rings. The molecule has 0 radical (unpaired) electrons. The van der Waals surface area contributed by atoms with E-state index < -0.39 is 0 Å². The van der Waals surface area contributed by atoms with Gasteiger partial charge in [0.25, 0.3) is 0 Å². The van der Waals surface area contributed by atoms with Crippen molar-refractivity contribution in [2.45, 2.75) is 25.2 Å². The van der Waals surface area contributed by atoms with Crippen molar-refractivity contribution >= 4 is 23.3 Å². The third-order valence-electron chi connectivity index (χ3n) is 5.62. The number of halogens is 1. The van der Waals surface area contributed by atoms with Crippen LogP contribution in [0.15, 0.2) is 42.5 Å². The van der Waals surface area contributed by atoms with E-state index in [1.54, 1.807) is 12.1 Å². The molecule has 1 aliphatic carbocycles. The third kappa shape index (κ3) is 2.93. The first-order valence-corrected chi connectivity index (χ1v) is 9.18. The monoisotopic (exact) mass is 365 g/mol. The van der Waals surface area contributed by atoms with Crippen molar-refractivity contribution in [1.29, 1.82) is 5.26 Å². The lowest BCUT2D eigenvalue weighted by Gasteiger charge is -2.22. The van der Waals surface area contributed by atoms with Crippen molar-refractivity contribution in [3.8, 4) is 6.07 Å². The summed E-state index contributed by atoms with van der Waals surface area (Å²) in [6.45, 7) is 3.62. The molecule has 26 heavy (non-hydrogen) atoms. The van der Waals surface area contributed by atoms with Crippen molar-refractivity contribution in [2.24, 2.45) is 5.92 Å². The lowest BCUT2D eigenvalue weighted by Crippen LogP contribution is -2.36. The van der Waals surface area contributed by atoms with E-state index in [1.165, 1.54) is 11.1 Å². The molecule has 2 fully saturated rings. The molecule has 1 aliphatic heterocycles. The number of benzene rings is 2. The predicted octanol–water partition coefficient (Wildman–Crippen LogP) is 4.52. The van der Waals surface area contributed by atoms with E-state index in [4.69, 9.17) is 16.9 Å². The molecular formula is C21H20ClN3O. The maximum atomic E-state index is 12.7. The van der Waals surface area contributed by atoms with Crippen molar-refractivity contribution < 1.29 is 4.79 Å². The van der Waals surface area contributed by atoms with Crippen LogP contribution in [0.3, 0.4) is 0 Å². The number of hydrogen-bond acceptors (Lipinski definition) is 2. The Kier molecular flexibility index (Phi) is 4.13. The first kappa shape index (κ1) is 16.9. The number of nitrogens with zero attached hydrogens (tertiary/aromatic N) is 2. The fourth-order valence-corrected chi connectivity index (χ4v) is 4.28. The number of fused-ring (bicyclic) bond motifs is 1. The molecule has 5 heteroatoms. The Morgan fingerprint density at radius 1 is 1.35 bits per heavy atom. The highest BCUT2D eigenvalue weighted by Gasteiger charge is 2.61. The number of nitriles is 1. The number of amides is 2. The molecule has 2 amide bonds. The molecule has 1 saturated heterocycles. The zero-order chi connectivity index (χ0) is 18.3. The van der Waals surface area contributed by atoms with Gasteiger partial charge in [0.05, 0.1) is 23.2 Å². The largest absolute Gasteiger partial charge is 0.323 e. The molecule has 2 atom stereocenters. The lowest BCUT2D eigenvalue weighted by atomic mass is 9.94. The number of urea groups is 1. The summed E-state index contributed by atoms with van der Waals surface area (Å²) in [6.07, 6.45) is 1.46. The van der Waals surface area contributed by atoms with Gasteiger partial charge in [0, 0.05) is 18.5 Å². The molecule has 0 unspecified atom stereocenters. The fraction of sp³-hybridized carbons (Fsp3) is 0.333. The smallest absolute Gasteiger partial charge is 0.321 e.